The molecule has 9 heteroatoms. The monoisotopic (exact) mass is 321 g/mol. The molecule has 0 saturated carbocycles. The van der Waals surface area contributed by atoms with E-state index in [1.165, 1.54) is 6.33 Å². The Morgan fingerprint density at radius 1 is 1.23 bits per heavy atom. The molecular formula is C13H16ClN7O. The number of nitrogen functional groups attached to an aromatic ring is 1. The molecule has 5 N–H and O–H groups in total. The molecule has 22 heavy (non-hydrogen) atoms. The lowest BCUT2D eigenvalue weighted by Gasteiger charge is -2.16. The zero-order chi connectivity index (χ0) is 16.1. The molecule has 1 aromatic heterocycles. The van der Waals surface area contributed by atoms with E-state index in [0.29, 0.717) is 16.4 Å². The third-order valence-corrected chi connectivity index (χ3v) is 2.96. The molecule has 0 unspecified atom stereocenters. The molecule has 2 rings (SSSR count). The van der Waals surface area contributed by atoms with Crippen LogP contribution in [-0.2, 0) is 0 Å². The average molecular weight is 322 g/mol. The minimum Gasteiger partial charge on any atom is -0.393 e. The first-order valence-electron chi connectivity index (χ1n) is 6.34. The molecule has 0 aliphatic heterocycles. The molecule has 1 amide bonds. The number of rotatable bonds is 5. The van der Waals surface area contributed by atoms with Gasteiger partial charge in [-0.1, -0.05) is 23.7 Å². The fourth-order valence-corrected chi connectivity index (χ4v) is 1.85. The molecule has 0 spiro atoms. The van der Waals surface area contributed by atoms with Crippen LogP contribution in [0.1, 0.15) is 10.4 Å². The summed E-state index contributed by atoms with van der Waals surface area (Å²) >= 11 is 5.96. The van der Waals surface area contributed by atoms with Gasteiger partial charge in [0.2, 0.25) is 0 Å². The summed E-state index contributed by atoms with van der Waals surface area (Å²) in [6, 6.07) is 6.71. The van der Waals surface area contributed by atoms with Crippen molar-refractivity contribution >= 4 is 34.8 Å². The molecule has 116 valence electrons. The number of hydrogen-bond acceptors (Lipinski definition) is 7. The highest BCUT2D eigenvalue weighted by Gasteiger charge is 2.12. The SMILES string of the molecule is CN(C)Nc1ncnc(NNC(=O)c2ccccc2Cl)c1N. The van der Waals surface area contributed by atoms with E-state index < -0.39 is 5.91 Å². The van der Waals surface area contributed by atoms with Crippen LogP contribution in [0.2, 0.25) is 5.02 Å². The number of amides is 1. The maximum Gasteiger partial charge on any atom is 0.271 e. The van der Waals surface area contributed by atoms with Gasteiger partial charge in [0.05, 0.1) is 10.6 Å². The molecule has 0 bridgehead atoms. The predicted octanol–water partition coefficient (Wildman–Crippen LogP) is 1.36. The zero-order valence-corrected chi connectivity index (χ0v) is 12.8. The summed E-state index contributed by atoms with van der Waals surface area (Å²) in [5.41, 5.74) is 14.6. The standard InChI is InChI=1S/C13H16ClN7O/c1-21(2)20-12-10(15)11(16-7-17-12)18-19-13(22)8-5-3-4-6-9(8)14/h3-7H,15H2,1-2H3,(H,19,22)(H2,16,17,18,20). The number of benzene rings is 1. The number of hydrogen-bond donors (Lipinski definition) is 4. The lowest BCUT2D eigenvalue weighted by molar-refractivity contribution is 0.0962. The van der Waals surface area contributed by atoms with E-state index in [4.69, 9.17) is 17.3 Å². The Morgan fingerprint density at radius 3 is 2.59 bits per heavy atom. The van der Waals surface area contributed by atoms with Crippen molar-refractivity contribution in [1.29, 1.82) is 0 Å². The Bertz CT molecular complexity index is 677. The molecule has 1 heterocycles. The Morgan fingerprint density at radius 2 is 1.91 bits per heavy atom. The smallest absolute Gasteiger partial charge is 0.271 e. The number of hydrazine groups is 2. The first-order chi connectivity index (χ1) is 10.5. The van der Waals surface area contributed by atoms with Crippen LogP contribution in [-0.4, -0.2) is 35.0 Å². The minimum absolute atomic E-state index is 0.274. The minimum atomic E-state index is -0.397. The van der Waals surface area contributed by atoms with Gasteiger partial charge in [-0.05, 0) is 12.1 Å². The van der Waals surface area contributed by atoms with Crippen LogP contribution in [0, 0.1) is 0 Å². The predicted molar refractivity (Wildman–Crippen MR) is 86.3 cm³/mol. The Hall–Kier alpha value is -2.58. The van der Waals surface area contributed by atoms with Crippen molar-refractivity contribution in [3.8, 4) is 0 Å². The summed E-state index contributed by atoms with van der Waals surface area (Å²) in [6.45, 7) is 0. The molecule has 0 aliphatic carbocycles. The normalized spacial score (nSPS) is 10.4. The van der Waals surface area contributed by atoms with E-state index >= 15 is 0 Å². The summed E-state index contributed by atoms with van der Waals surface area (Å²) in [5, 5.41) is 2.04. The molecule has 0 atom stereocenters. The summed E-state index contributed by atoms with van der Waals surface area (Å²) in [4.78, 5) is 20.0. The number of nitrogens with two attached hydrogens (primary N) is 1. The number of halogens is 1. The number of anilines is 3. The summed E-state index contributed by atoms with van der Waals surface area (Å²) < 4.78 is 0. The van der Waals surface area contributed by atoms with Gasteiger partial charge < -0.3 is 11.2 Å². The fourth-order valence-electron chi connectivity index (χ4n) is 1.62. The van der Waals surface area contributed by atoms with Gasteiger partial charge in [-0.3, -0.25) is 15.6 Å². The van der Waals surface area contributed by atoms with Crippen LogP contribution in [0.25, 0.3) is 0 Å². The number of carbonyl (C=O) groups excluding carboxylic acids is 1. The van der Waals surface area contributed by atoms with Gasteiger partial charge in [0.25, 0.3) is 5.91 Å². The van der Waals surface area contributed by atoms with Crippen molar-refractivity contribution in [3.05, 3.63) is 41.2 Å². The first-order valence-corrected chi connectivity index (χ1v) is 6.72. The van der Waals surface area contributed by atoms with Crippen molar-refractivity contribution < 1.29 is 4.79 Å². The van der Waals surface area contributed by atoms with Crippen molar-refractivity contribution in [2.75, 3.05) is 30.7 Å². The molecule has 0 fully saturated rings. The fraction of sp³-hybridized carbons (Fsp3) is 0.154. The number of nitrogens with zero attached hydrogens (tertiary/aromatic N) is 3. The molecule has 2 aromatic rings. The van der Waals surface area contributed by atoms with E-state index in [1.807, 2.05) is 0 Å². The average Bonchev–Trinajstić information content (AvgIpc) is 2.48. The third-order valence-electron chi connectivity index (χ3n) is 2.63. The van der Waals surface area contributed by atoms with Gasteiger partial charge in [0.1, 0.15) is 12.0 Å². The molecular weight excluding hydrogens is 306 g/mol. The summed E-state index contributed by atoms with van der Waals surface area (Å²) in [5.74, 6) is 0.306. The highest BCUT2D eigenvalue weighted by Crippen LogP contribution is 2.22. The Balaban J connectivity index is 2.09. The Labute approximate surface area is 132 Å². The Kier molecular flexibility index (Phi) is 4.97. The van der Waals surface area contributed by atoms with Crippen LogP contribution in [0.3, 0.4) is 0 Å². The molecule has 0 aliphatic rings. The van der Waals surface area contributed by atoms with Gasteiger partial charge in [-0.15, -0.1) is 0 Å². The van der Waals surface area contributed by atoms with E-state index in [2.05, 4.69) is 26.2 Å². The van der Waals surface area contributed by atoms with Gasteiger partial charge in [-0.2, -0.15) is 0 Å². The largest absolute Gasteiger partial charge is 0.393 e. The molecule has 0 radical (unpaired) electrons. The lowest BCUT2D eigenvalue weighted by atomic mass is 10.2. The lowest BCUT2D eigenvalue weighted by Crippen LogP contribution is -2.31. The van der Waals surface area contributed by atoms with Gasteiger partial charge in [0, 0.05) is 14.1 Å². The maximum absolute atomic E-state index is 12.0. The number of carbonyl (C=O) groups is 1. The second-order valence-corrected chi connectivity index (χ2v) is 4.96. The van der Waals surface area contributed by atoms with E-state index in [9.17, 15) is 4.79 Å². The second-order valence-electron chi connectivity index (χ2n) is 4.55. The summed E-state index contributed by atoms with van der Waals surface area (Å²) in [6.07, 6.45) is 1.33. The van der Waals surface area contributed by atoms with Gasteiger partial charge in [0.15, 0.2) is 11.6 Å². The van der Waals surface area contributed by atoms with Crippen LogP contribution < -0.4 is 22.0 Å². The highest BCUT2D eigenvalue weighted by molar-refractivity contribution is 6.33. The van der Waals surface area contributed by atoms with Crippen molar-refractivity contribution in [1.82, 2.24) is 20.4 Å². The van der Waals surface area contributed by atoms with E-state index in [-0.39, 0.29) is 11.5 Å². The first kappa shape index (κ1) is 15.8. The number of aromatic nitrogens is 2. The molecule has 0 saturated heterocycles. The second kappa shape index (κ2) is 6.92. The quantitative estimate of drug-likeness (QED) is 0.616. The summed E-state index contributed by atoms with van der Waals surface area (Å²) in [7, 11) is 3.60. The van der Waals surface area contributed by atoms with Crippen molar-refractivity contribution in [3.63, 3.8) is 0 Å². The third kappa shape index (κ3) is 3.74. The van der Waals surface area contributed by atoms with Crippen molar-refractivity contribution in [2.24, 2.45) is 0 Å². The highest BCUT2D eigenvalue weighted by atomic mass is 35.5. The molecule has 1 aromatic carbocycles. The van der Waals surface area contributed by atoms with E-state index in [1.54, 1.807) is 43.4 Å². The zero-order valence-electron chi connectivity index (χ0n) is 12.1. The van der Waals surface area contributed by atoms with E-state index in [0.717, 1.165) is 0 Å². The van der Waals surface area contributed by atoms with Crippen LogP contribution in [0.5, 0.6) is 0 Å². The van der Waals surface area contributed by atoms with Gasteiger partial charge >= 0.3 is 0 Å². The van der Waals surface area contributed by atoms with Gasteiger partial charge in [-0.25, -0.2) is 15.0 Å². The van der Waals surface area contributed by atoms with Crippen LogP contribution >= 0.6 is 11.6 Å². The van der Waals surface area contributed by atoms with Crippen LogP contribution in [0.15, 0.2) is 30.6 Å². The molecule has 8 nitrogen and oxygen atoms in total. The maximum atomic E-state index is 12.0. The van der Waals surface area contributed by atoms with Crippen molar-refractivity contribution in [2.45, 2.75) is 0 Å². The topological polar surface area (TPSA) is 108 Å². The number of nitrogens with one attached hydrogen (secondary N) is 3. The van der Waals surface area contributed by atoms with Crippen LogP contribution in [0.4, 0.5) is 17.3 Å².